The molecular weight excluding hydrogens is 363 g/mol. The maximum absolute atomic E-state index is 13.7. The number of amides is 1. The summed E-state index contributed by atoms with van der Waals surface area (Å²) >= 11 is 1.37. The Labute approximate surface area is 159 Å². The van der Waals surface area contributed by atoms with Crippen molar-refractivity contribution in [1.29, 1.82) is 0 Å². The number of anilines is 1. The Morgan fingerprint density at radius 2 is 2.11 bits per heavy atom. The zero-order valence-corrected chi connectivity index (χ0v) is 15.7. The molecule has 0 radical (unpaired) electrons. The molecule has 0 aliphatic heterocycles. The number of halogens is 1. The van der Waals surface area contributed by atoms with E-state index < -0.39 is 0 Å². The van der Waals surface area contributed by atoms with Crippen molar-refractivity contribution < 1.29 is 9.18 Å². The third kappa shape index (κ3) is 3.59. The number of nitrogens with zero attached hydrogens (tertiary/aromatic N) is 3. The second-order valence-electron chi connectivity index (χ2n) is 6.37. The predicted molar refractivity (Wildman–Crippen MR) is 104 cm³/mol. The normalized spacial score (nSPS) is 11.1. The molecule has 7 heteroatoms. The minimum absolute atomic E-state index is 0.215. The van der Waals surface area contributed by atoms with Crippen LogP contribution in [-0.2, 0) is 6.42 Å². The van der Waals surface area contributed by atoms with Crippen LogP contribution >= 0.6 is 11.3 Å². The number of nitrogens with one attached hydrogen (secondary N) is 1. The SMILES string of the molecule is Cc1ccc(Cc2cnc(NC(=O)c3cn4c(C)cccc4n3)s2)cc1F. The van der Waals surface area contributed by atoms with E-state index in [1.165, 1.54) is 17.4 Å². The lowest BCUT2D eigenvalue weighted by Crippen LogP contribution is -2.11. The van der Waals surface area contributed by atoms with Crippen LogP contribution in [0.1, 0.15) is 32.2 Å². The molecule has 1 N–H and O–H groups in total. The zero-order valence-electron chi connectivity index (χ0n) is 14.9. The highest BCUT2D eigenvalue weighted by molar-refractivity contribution is 7.15. The molecule has 1 aromatic carbocycles. The minimum atomic E-state index is -0.305. The Kier molecular flexibility index (Phi) is 4.45. The summed E-state index contributed by atoms with van der Waals surface area (Å²) in [6, 6.07) is 10.9. The van der Waals surface area contributed by atoms with E-state index in [2.05, 4.69) is 15.3 Å². The van der Waals surface area contributed by atoms with Gasteiger partial charge in [0.1, 0.15) is 17.2 Å². The third-order valence-electron chi connectivity index (χ3n) is 4.32. The topological polar surface area (TPSA) is 59.3 Å². The second-order valence-corrected chi connectivity index (χ2v) is 7.48. The summed E-state index contributed by atoms with van der Waals surface area (Å²) < 4.78 is 15.6. The summed E-state index contributed by atoms with van der Waals surface area (Å²) in [5, 5.41) is 3.28. The summed E-state index contributed by atoms with van der Waals surface area (Å²) in [7, 11) is 0. The van der Waals surface area contributed by atoms with E-state index in [0.29, 0.717) is 22.8 Å². The fourth-order valence-corrected chi connectivity index (χ4v) is 3.66. The van der Waals surface area contributed by atoms with E-state index >= 15 is 0 Å². The van der Waals surface area contributed by atoms with Gasteiger partial charge in [-0.3, -0.25) is 10.1 Å². The number of aromatic nitrogens is 3. The van der Waals surface area contributed by atoms with Gasteiger partial charge >= 0.3 is 0 Å². The molecule has 4 aromatic rings. The molecule has 3 heterocycles. The van der Waals surface area contributed by atoms with Crippen LogP contribution in [0.2, 0.25) is 0 Å². The molecule has 1 amide bonds. The van der Waals surface area contributed by atoms with Gasteiger partial charge in [0.25, 0.3) is 5.91 Å². The molecule has 5 nitrogen and oxygen atoms in total. The van der Waals surface area contributed by atoms with Crippen molar-refractivity contribution in [2.24, 2.45) is 0 Å². The van der Waals surface area contributed by atoms with Gasteiger partial charge in [0.15, 0.2) is 5.13 Å². The number of hydrogen-bond donors (Lipinski definition) is 1. The maximum Gasteiger partial charge on any atom is 0.277 e. The van der Waals surface area contributed by atoms with Crippen LogP contribution in [0.15, 0.2) is 48.8 Å². The van der Waals surface area contributed by atoms with Gasteiger partial charge in [0, 0.05) is 29.4 Å². The van der Waals surface area contributed by atoms with Crippen LogP contribution in [0.4, 0.5) is 9.52 Å². The van der Waals surface area contributed by atoms with Gasteiger partial charge in [-0.1, -0.05) is 18.2 Å². The van der Waals surface area contributed by atoms with Crippen molar-refractivity contribution >= 4 is 28.0 Å². The van der Waals surface area contributed by atoms with Crippen molar-refractivity contribution in [3.8, 4) is 0 Å². The molecule has 0 unspecified atom stereocenters. The van der Waals surface area contributed by atoms with Crippen LogP contribution in [0.5, 0.6) is 0 Å². The lowest BCUT2D eigenvalue weighted by atomic mass is 10.1. The Morgan fingerprint density at radius 3 is 2.89 bits per heavy atom. The number of benzene rings is 1. The Bertz CT molecular complexity index is 1150. The number of fused-ring (bicyclic) bond motifs is 1. The van der Waals surface area contributed by atoms with E-state index in [0.717, 1.165) is 21.8 Å². The Morgan fingerprint density at radius 1 is 1.26 bits per heavy atom. The van der Waals surface area contributed by atoms with Gasteiger partial charge in [0.05, 0.1) is 0 Å². The minimum Gasteiger partial charge on any atom is -0.304 e. The molecule has 0 aliphatic carbocycles. The molecule has 4 rings (SSSR count). The van der Waals surface area contributed by atoms with Crippen molar-refractivity contribution in [1.82, 2.24) is 14.4 Å². The van der Waals surface area contributed by atoms with Crippen molar-refractivity contribution in [2.75, 3.05) is 5.32 Å². The van der Waals surface area contributed by atoms with E-state index in [9.17, 15) is 9.18 Å². The van der Waals surface area contributed by atoms with Crippen LogP contribution in [0, 0.1) is 19.7 Å². The van der Waals surface area contributed by atoms with Gasteiger partial charge in [-0.25, -0.2) is 14.4 Å². The largest absolute Gasteiger partial charge is 0.304 e. The molecule has 0 saturated heterocycles. The highest BCUT2D eigenvalue weighted by atomic mass is 32.1. The molecule has 0 atom stereocenters. The smallest absolute Gasteiger partial charge is 0.277 e. The highest BCUT2D eigenvalue weighted by Crippen LogP contribution is 2.22. The molecule has 0 saturated carbocycles. The number of carbonyl (C=O) groups excluding carboxylic acids is 1. The quantitative estimate of drug-likeness (QED) is 0.571. The number of thiazole rings is 1. The molecule has 0 fully saturated rings. The summed E-state index contributed by atoms with van der Waals surface area (Å²) in [4.78, 5) is 22.0. The monoisotopic (exact) mass is 380 g/mol. The van der Waals surface area contributed by atoms with Gasteiger partial charge in [0.2, 0.25) is 0 Å². The third-order valence-corrected chi connectivity index (χ3v) is 5.23. The Hall–Kier alpha value is -3.06. The van der Waals surface area contributed by atoms with Gasteiger partial charge in [-0.05, 0) is 43.2 Å². The number of rotatable bonds is 4. The van der Waals surface area contributed by atoms with Crippen LogP contribution in [0.3, 0.4) is 0 Å². The van der Waals surface area contributed by atoms with E-state index in [1.54, 1.807) is 25.4 Å². The number of aryl methyl sites for hydroxylation is 2. The van der Waals surface area contributed by atoms with E-state index in [4.69, 9.17) is 0 Å². The summed E-state index contributed by atoms with van der Waals surface area (Å²) in [5.41, 5.74) is 3.55. The van der Waals surface area contributed by atoms with E-state index in [-0.39, 0.29) is 11.7 Å². The van der Waals surface area contributed by atoms with Crippen LogP contribution < -0.4 is 5.32 Å². The Balaban J connectivity index is 1.48. The summed E-state index contributed by atoms with van der Waals surface area (Å²) in [6.45, 7) is 3.69. The molecule has 136 valence electrons. The molecular formula is C20H17FN4OS. The first-order valence-electron chi connectivity index (χ1n) is 8.45. The molecule has 3 aromatic heterocycles. The first kappa shape index (κ1) is 17.4. The molecule has 0 aliphatic rings. The summed E-state index contributed by atoms with van der Waals surface area (Å²) in [6.07, 6.45) is 3.98. The van der Waals surface area contributed by atoms with Gasteiger partial charge in [-0.15, -0.1) is 11.3 Å². The molecule has 0 bridgehead atoms. The first-order valence-corrected chi connectivity index (χ1v) is 9.27. The molecule has 27 heavy (non-hydrogen) atoms. The lowest BCUT2D eigenvalue weighted by Gasteiger charge is -2.01. The zero-order chi connectivity index (χ0) is 19.0. The van der Waals surface area contributed by atoms with Gasteiger partial charge < -0.3 is 4.40 Å². The maximum atomic E-state index is 13.7. The number of imidazole rings is 1. The van der Waals surface area contributed by atoms with Crippen molar-refractivity contribution in [3.05, 3.63) is 82.0 Å². The molecule has 0 spiro atoms. The predicted octanol–water partition coefficient (Wildman–Crippen LogP) is 4.39. The fraction of sp³-hybridized carbons (Fsp3) is 0.150. The average Bonchev–Trinajstić information content (AvgIpc) is 3.26. The number of carbonyl (C=O) groups is 1. The lowest BCUT2D eigenvalue weighted by molar-refractivity contribution is 0.102. The second kappa shape index (κ2) is 6.92. The van der Waals surface area contributed by atoms with Crippen molar-refractivity contribution in [3.63, 3.8) is 0 Å². The average molecular weight is 380 g/mol. The van der Waals surface area contributed by atoms with Crippen LogP contribution in [0.25, 0.3) is 5.65 Å². The first-order chi connectivity index (χ1) is 13.0. The summed E-state index contributed by atoms with van der Waals surface area (Å²) in [5.74, 6) is -0.520. The number of pyridine rings is 1. The van der Waals surface area contributed by atoms with E-state index in [1.807, 2.05) is 35.6 Å². The number of hydrogen-bond acceptors (Lipinski definition) is 4. The standard InChI is InChI=1S/C20H17FN4OS/c1-12-6-7-14(9-16(12)21)8-15-10-22-20(27-15)24-19(26)17-11-25-13(2)4-3-5-18(25)23-17/h3-7,9-11H,8H2,1-2H3,(H,22,24,26). The van der Waals surface area contributed by atoms with Crippen molar-refractivity contribution in [2.45, 2.75) is 20.3 Å². The highest BCUT2D eigenvalue weighted by Gasteiger charge is 2.14. The fourth-order valence-electron chi connectivity index (χ4n) is 2.81. The van der Waals surface area contributed by atoms with Gasteiger partial charge in [-0.2, -0.15) is 0 Å². The van der Waals surface area contributed by atoms with Crippen LogP contribution in [-0.4, -0.2) is 20.3 Å².